The molecule has 2 aliphatic carbocycles. The zero-order chi connectivity index (χ0) is 20.4. The quantitative estimate of drug-likeness (QED) is 0.726. The minimum atomic E-state index is -3.65. The molecule has 0 amide bonds. The van der Waals surface area contributed by atoms with Gasteiger partial charge in [-0.05, 0) is 74.6 Å². The fourth-order valence-electron chi connectivity index (χ4n) is 4.22. The maximum atomic E-state index is 12.7. The molecule has 0 aromatic heterocycles. The summed E-state index contributed by atoms with van der Waals surface area (Å²) in [4.78, 5) is 0.215. The third kappa shape index (κ3) is 5.34. The third-order valence-electron chi connectivity index (χ3n) is 6.20. The molecule has 158 valence electrons. The molecule has 8 heteroatoms. The fourth-order valence-corrected chi connectivity index (χ4v) is 6.91. The van der Waals surface area contributed by atoms with Crippen LogP contribution in [-0.4, -0.2) is 28.9 Å². The summed E-state index contributed by atoms with van der Waals surface area (Å²) < 4.78 is 56.2. The van der Waals surface area contributed by atoms with Crippen molar-refractivity contribution in [2.75, 3.05) is 0 Å². The van der Waals surface area contributed by atoms with Gasteiger partial charge in [-0.1, -0.05) is 26.7 Å². The minimum absolute atomic E-state index is 0.0425. The number of nitrogens with one attached hydrogen (secondary N) is 2. The minimum Gasteiger partial charge on any atom is -0.208 e. The largest absolute Gasteiger partial charge is 0.240 e. The van der Waals surface area contributed by atoms with Crippen LogP contribution >= 0.6 is 0 Å². The SMILES string of the molecule is CC1CCC(NS(=O)(=O)c2ccc(S(=O)(=O)N[C@H]3CCCC[C@H]3C)cc2)CC1. The summed E-state index contributed by atoms with van der Waals surface area (Å²) in [5.74, 6) is 0.954. The number of hydrogen-bond acceptors (Lipinski definition) is 4. The predicted molar refractivity (Wildman–Crippen MR) is 110 cm³/mol. The van der Waals surface area contributed by atoms with E-state index < -0.39 is 20.0 Å². The maximum absolute atomic E-state index is 12.7. The summed E-state index contributed by atoms with van der Waals surface area (Å²) in [7, 11) is -7.29. The Morgan fingerprint density at radius 3 is 1.75 bits per heavy atom. The maximum Gasteiger partial charge on any atom is 0.240 e. The average molecular weight is 429 g/mol. The van der Waals surface area contributed by atoms with Gasteiger partial charge in [-0.15, -0.1) is 0 Å². The van der Waals surface area contributed by atoms with Gasteiger partial charge >= 0.3 is 0 Å². The van der Waals surface area contributed by atoms with E-state index >= 15 is 0 Å². The van der Waals surface area contributed by atoms with E-state index in [4.69, 9.17) is 0 Å². The lowest BCUT2D eigenvalue weighted by atomic mass is 9.87. The number of hydrogen-bond donors (Lipinski definition) is 2. The molecule has 28 heavy (non-hydrogen) atoms. The summed E-state index contributed by atoms with van der Waals surface area (Å²) in [6.45, 7) is 4.26. The highest BCUT2D eigenvalue weighted by atomic mass is 32.2. The molecule has 0 bridgehead atoms. The second-order valence-corrected chi connectivity index (χ2v) is 12.0. The van der Waals surface area contributed by atoms with E-state index in [2.05, 4.69) is 23.3 Å². The summed E-state index contributed by atoms with van der Waals surface area (Å²) in [6, 6.07) is 5.43. The van der Waals surface area contributed by atoms with Crippen molar-refractivity contribution >= 4 is 20.0 Å². The molecule has 2 atom stereocenters. The molecule has 0 saturated heterocycles. The van der Waals surface area contributed by atoms with Crippen LogP contribution in [0.25, 0.3) is 0 Å². The summed E-state index contributed by atoms with van der Waals surface area (Å²) in [5, 5.41) is 0. The van der Waals surface area contributed by atoms with Crippen LogP contribution in [0.3, 0.4) is 0 Å². The Hall–Kier alpha value is -0.960. The van der Waals surface area contributed by atoms with Gasteiger partial charge in [0, 0.05) is 12.1 Å². The van der Waals surface area contributed by atoms with Crippen molar-refractivity contribution in [1.82, 2.24) is 9.44 Å². The second-order valence-electron chi connectivity index (χ2n) is 8.54. The van der Waals surface area contributed by atoms with Crippen LogP contribution in [0.15, 0.2) is 34.1 Å². The standard InChI is InChI=1S/C20H32N2O4S2/c1-15-7-9-17(10-8-15)21-27(23,24)18-11-13-19(14-12-18)28(25,26)22-20-6-4-3-5-16(20)2/h11-17,20-22H,3-10H2,1-2H3/t15?,16-,17?,20+/m1/s1. The molecular formula is C20H32N2O4S2. The van der Waals surface area contributed by atoms with E-state index in [9.17, 15) is 16.8 Å². The molecule has 1 aromatic carbocycles. The number of rotatable bonds is 6. The topological polar surface area (TPSA) is 92.3 Å². The van der Waals surface area contributed by atoms with E-state index in [1.54, 1.807) is 0 Å². The van der Waals surface area contributed by atoms with Crippen molar-refractivity contribution in [3.8, 4) is 0 Å². The molecule has 0 heterocycles. The fraction of sp³-hybridized carbons (Fsp3) is 0.700. The van der Waals surface area contributed by atoms with E-state index in [-0.39, 0.29) is 21.9 Å². The lowest BCUT2D eigenvalue weighted by molar-refractivity contribution is 0.310. The molecule has 6 nitrogen and oxygen atoms in total. The van der Waals surface area contributed by atoms with E-state index in [0.717, 1.165) is 51.4 Å². The third-order valence-corrected chi connectivity index (χ3v) is 9.24. The van der Waals surface area contributed by atoms with Gasteiger partial charge in [0.1, 0.15) is 0 Å². The molecule has 2 aliphatic rings. The van der Waals surface area contributed by atoms with E-state index in [1.165, 1.54) is 24.3 Å². The molecule has 0 radical (unpaired) electrons. The van der Waals surface area contributed by atoms with Gasteiger partial charge in [0.15, 0.2) is 0 Å². The lowest BCUT2D eigenvalue weighted by Gasteiger charge is -2.29. The van der Waals surface area contributed by atoms with Crippen molar-refractivity contribution in [2.24, 2.45) is 11.8 Å². The van der Waals surface area contributed by atoms with Crippen molar-refractivity contribution in [1.29, 1.82) is 0 Å². The first-order chi connectivity index (χ1) is 13.2. The Kier molecular flexibility index (Phi) is 6.84. The van der Waals surface area contributed by atoms with Gasteiger partial charge in [-0.2, -0.15) is 0 Å². The van der Waals surface area contributed by atoms with Gasteiger partial charge in [-0.3, -0.25) is 0 Å². The van der Waals surface area contributed by atoms with Gasteiger partial charge in [0.25, 0.3) is 0 Å². The van der Waals surface area contributed by atoms with Gasteiger partial charge < -0.3 is 0 Å². The van der Waals surface area contributed by atoms with E-state index in [1.807, 2.05) is 0 Å². The molecule has 0 aliphatic heterocycles. The van der Waals surface area contributed by atoms with Crippen molar-refractivity contribution in [3.05, 3.63) is 24.3 Å². The first-order valence-electron chi connectivity index (χ1n) is 10.3. The Labute approximate surface area is 169 Å². The molecule has 2 fully saturated rings. The first kappa shape index (κ1) is 21.7. The Morgan fingerprint density at radius 1 is 0.714 bits per heavy atom. The molecule has 0 unspecified atom stereocenters. The molecule has 3 rings (SSSR count). The zero-order valence-corrected chi connectivity index (χ0v) is 18.4. The Morgan fingerprint density at radius 2 is 1.21 bits per heavy atom. The predicted octanol–water partition coefficient (Wildman–Crippen LogP) is 3.40. The van der Waals surface area contributed by atoms with Crippen LogP contribution < -0.4 is 9.44 Å². The smallest absolute Gasteiger partial charge is 0.208 e. The number of benzene rings is 1. The van der Waals surface area contributed by atoms with Crippen LogP contribution in [0, 0.1) is 11.8 Å². The molecule has 2 N–H and O–H groups in total. The average Bonchev–Trinajstić information content (AvgIpc) is 2.65. The summed E-state index contributed by atoms with van der Waals surface area (Å²) in [5.41, 5.74) is 0. The second kappa shape index (κ2) is 8.81. The molecule has 0 spiro atoms. The monoisotopic (exact) mass is 428 g/mol. The van der Waals surface area contributed by atoms with Gasteiger partial charge in [0.05, 0.1) is 9.79 Å². The Balaban J connectivity index is 1.68. The van der Waals surface area contributed by atoms with Gasteiger partial charge in [0.2, 0.25) is 20.0 Å². The van der Waals surface area contributed by atoms with Crippen LogP contribution in [0.1, 0.15) is 65.2 Å². The van der Waals surface area contributed by atoms with Gasteiger partial charge in [-0.25, -0.2) is 26.3 Å². The molecule has 1 aromatic rings. The van der Waals surface area contributed by atoms with E-state index in [0.29, 0.717) is 11.8 Å². The van der Waals surface area contributed by atoms with Crippen LogP contribution in [0.2, 0.25) is 0 Å². The molecular weight excluding hydrogens is 396 g/mol. The van der Waals surface area contributed by atoms with Crippen molar-refractivity contribution < 1.29 is 16.8 Å². The Bertz CT molecular complexity index is 858. The van der Waals surface area contributed by atoms with Crippen molar-refractivity contribution in [3.63, 3.8) is 0 Å². The molecule has 2 saturated carbocycles. The normalized spacial score (nSPS) is 29.5. The highest BCUT2D eigenvalue weighted by Gasteiger charge is 2.28. The first-order valence-corrected chi connectivity index (χ1v) is 13.3. The van der Waals surface area contributed by atoms with Crippen LogP contribution in [0.5, 0.6) is 0 Å². The highest BCUT2D eigenvalue weighted by molar-refractivity contribution is 7.90. The number of sulfonamides is 2. The van der Waals surface area contributed by atoms with Crippen LogP contribution in [-0.2, 0) is 20.0 Å². The zero-order valence-electron chi connectivity index (χ0n) is 16.7. The summed E-state index contributed by atoms with van der Waals surface area (Å²) in [6.07, 6.45) is 7.77. The lowest BCUT2D eigenvalue weighted by Crippen LogP contribution is -2.41. The van der Waals surface area contributed by atoms with Crippen molar-refractivity contribution in [2.45, 2.75) is 87.1 Å². The summed E-state index contributed by atoms with van der Waals surface area (Å²) >= 11 is 0. The van der Waals surface area contributed by atoms with Crippen LogP contribution in [0.4, 0.5) is 0 Å². The highest BCUT2D eigenvalue weighted by Crippen LogP contribution is 2.27.